The van der Waals surface area contributed by atoms with E-state index >= 15 is 0 Å². The van der Waals surface area contributed by atoms with Gasteiger partial charge in [0.1, 0.15) is 5.70 Å². The number of rotatable bonds is 9. The van der Waals surface area contributed by atoms with Crippen LogP contribution < -0.4 is 10.1 Å². The first-order valence-electron chi connectivity index (χ1n) is 13.1. The lowest BCUT2D eigenvalue weighted by Gasteiger charge is -2.22. The maximum atomic E-state index is 14.7. The van der Waals surface area contributed by atoms with Crippen LogP contribution in [0.2, 0.25) is 0 Å². The van der Waals surface area contributed by atoms with E-state index in [1.165, 1.54) is 30.8 Å². The highest BCUT2D eigenvalue weighted by Crippen LogP contribution is 2.42. The monoisotopic (exact) mass is 582 g/mol. The Morgan fingerprint density at radius 1 is 1.27 bits per heavy atom. The van der Waals surface area contributed by atoms with Crippen molar-refractivity contribution in [3.8, 4) is 5.75 Å². The van der Waals surface area contributed by atoms with Gasteiger partial charge < -0.3 is 29.4 Å². The zero-order valence-electron chi connectivity index (χ0n) is 22.6. The zero-order chi connectivity index (χ0) is 29.1. The number of likely N-dealkylation sites (N-methyl/N-ethyl adjacent to an activating group) is 1. The number of imidazole rings is 1. The van der Waals surface area contributed by atoms with Crippen LogP contribution in [-0.4, -0.2) is 77.0 Å². The number of pyridine rings is 1. The van der Waals surface area contributed by atoms with E-state index in [-0.39, 0.29) is 23.8 Å². The molecule has 41 heavy (non-hydrogen) atoms. The van der Waals surface area contributed by atoms with Gasteiger partial charge in [-0.15, -0.1) is 5.10 Å². The molecule has 3 aliphatic rings. The van der Waals surface area contributed by atoms with Crippen molar-refractivity contribution in [2.45, 2.75) is 44.8 Å². The molecular formula is C27H28ClFN8O4. The molecule has 0 spiro atoms. The molecule has 1 fully saturated rings. The number of fused-ring (bicyclic) bond motifs is 2. The smallest absolute Gasteiger partial charge is 0.347 e. The van der Waals surface area contributed by atoms with Crippen LogP contribution in [0.5, 0.6) is 5.75 Å². The molecule has 1 amide bonds. The van der Waals surface area contributed by atoms with Crippen LogP contribution >= 0.6 is 11.6 Å². The number of nitrogens with one attached hydrogen (secondary N) is 1. The van der Waals surface area contributed by atoms with Crippen molar-refractivity contribution < 1.29 is 23.8 Å². The summed E-state index contributed by atoms with van der Waals surface area (Å²) < 4.78 is 23.9. The van der Waals surface area contributed by atoms with Crippen LogP contribution in [0.4, 0.5) is 4.39 Å². The Morgan fingerprint density at radius 3 is 2.78 bits per heavy atom. The largest absolute Gasteiger partial charge is 0.478 e. The predicted molar refractivity (Wildman–Crippen MR) is 146 cm³/mol. The second-order valence-electron chi connectivity index (χ2n) is 10.9. The van der Waals surface area contributed by atoms with Gasteiger partial charge in [0.05, 0.1) is 42.4 Å². The Labute approximate surface area is 239 Å². The first kappa shape index (κ1) is 26.8. The Hall–Kier alpha value is -4.39. The number of carbonyl (C=O) groups excluding carboxylic acids is 1. The number of hydrogen-bond acceptors (Lipinski definition) is 8. The molecular weight excluding hydrogens is 555 g/mol. The third kappa shape index (κ3) is 5.12. The lowest BCUT2D eigenvalue weighted by molar-refractivity contribution is -0.152. The van der Waals surface area contributed by atoms with Crippen LogP contribution in [0.15, 0.2) is 59.2 Å². The average Bonchev–Trinajstić information content (AvgIpc) is 3.38. The molecule has 1 saturated carbocycles. The number of carboxylic acids is 1. The normalized spacial score (nSPS) is 17.1. The number of aliphatic carboxylic acids is 1. The lowest BCUT2D eigenvalue weighted by atomic mass is 10.1. The zero-order valence-corrected chi connectivity index (χ0v) is 23.4. The van der Waals surface area contributed by atoms with Gasteiger partial charge in [-0.25, -0.2) is 18.9 Å². The van der Waals surface area contributed by atoms with Crippen molar-refractivity contribution in [1.29, 1.82) is 0 Å². The van der Waals surface area contributed by atoms with Crippen molar-refractivity contribution in [2.24, 2.45) is 0 Å². The molecule has 0 aromatic carbocycles. The Balaban J connectivity index is 1.18. The molecule has 6 rings (SSSR count). The fourth-order valence-electron chi connectivity index (χ4n) is 4.81. The highest BCUT2D eigenvalue weighted by Gasteiger charge is 2.33. The van der Waals surface area contributed by atoms with E-state index in [0.29, 0.717) is 41.1 Å². The maximum absolute atomic E-state index is 14.7. The molecule has 14 heteroatoms. The van der Waals surface area contributed by atoms with Gasteiger partial charge in [-0.3, -0.25) is 4.79 Å². The second-order valence-corrected chi connectivity index (χ2v) is 11.3. The van der Waals surface area contributed by atoms with Crippen molar-refractivity contribution in [3.05, 3.63) is 76.1 Å². The van der Waals surface area contributed by atoms with E-state index in [4.69, 9.17) is 16.3 Å². The van der Waals surface area contributed by atoms with Crippen LogP contribution in [0.1, 0.15) is 54.4 Å². The maximum Gasteiger partial charge on any atom is 0.347 e. The molecule has 12 nitrogen and oxygen atoms in total. The fraction of sp³-hybridized carbons (Fsp3) is 0.370. The summed E-state index contributed by atoms with van der Waals surface area (Å²) in [7, 11) is 1.81. The van der Waals surface area contributed by atoms with Crippen LogP contribution in [-0.2, 0) is 11.3 Å². The minimum Gasteiger partial charge on any atom is -0.478 e. The number of amides is 1. The summed E-state index contributed by atoms with van der Waals surface area (Å²) in [4.78, 5) is 32.7. The van der Waals surface area contributed by atoms with Gasteiger partial charge in [-0.05, 0) is 50.3 Å². The standard InChI is InChI=1S/C27H28ClFN8O4/c1-27(2,26(39)40)41-21-8-16(15-4-5-15)10-36-11-17(31-24(21)36)12-37-13-19(32-33-37)25(38)30-9-20-23-22(29)18(28)6-7-35(23)14-34(20)3/h6-8,10-11,13,15H,4-5,9,12,14H2,1-3H3,(H,30,38)(H,39,40). The molecule has 3 aromatic heterocycles. The molecule has 0 atom stereocenters. The van der Waals surface area contributed by atoms with Gasteiger partial charge in [-0.1, -0.05) is 16.8 Å². The average molecular weight is 583 g/mol. The summed E-state index contributed by atoms with van der Waals surface area (Å²) in [6.07, 6.45) is 10.6. The lowest BCUT2D eigenvalue weighted by Crippen LogP contribution is -2.38. The molecule has 1 aliphatic carbocycles. The number of ether oxygens (including phenoxy) is 1. The quantitative estimate of drug-likeness (QED) is 0.390. The van der Waals surface area contributed by atoms with Crippen molar-refractivity contribution >= 4 is 29.1 Å². The number of hydrogen-bond donors (Lipinski definition) is 2. The summed E-state index contributed by atoms with van der Waals surface area (Å²) in [5, 5.41) is 20.4. The number of nitrogens with zero attached hydrogens (tertiary/aromatic N) is 7. The summed E-state index contributed by atoms with van der Waals surface area (Å²) in [5.74, 6) is -1.28. The van der Waals surface area contributed by atoms with E-state index in [9.17, 15) is 19.1 Å². The van der Waals surface area contributed by atoms with Gasteiger partial charge in [-0.2, -0.15) is 0 Å². The number of aromatic nitrogens is 5. The highest BCUT2D eigenvalue weighted by atomic mass is 35.5. The summed E-state index contributed by atoms with van der Waals surface area (Å²) in [6, 6.07) is 1.86. The molecule has 5 heterocycles. The van der Waals surface area contributed by atoms with Gasteiger partial charge >= 0.3 is 5.97 Å². The molecule has 214 valence electrons. The molecule has 0 unspecified atom stereocenters. The molecule has 3 aromatic rings. The van der Waals surface area contributed by atoms with Crippen molar-refractivity contribution in [1.82, 2.24) is 39.5 Å². The molecule has 0 saturated heterocycles. The molecule has 2 N–H and O–H groups in total. The predicted octanol–water partition coefficient (Wildman–Crippen LogP) is 3.19. The van der Waals surface area contributed by atoms with E-state index in [2.05, 4.69) is 20.6 Å². The summed E-state index contributed by atoms with van der Waals surface area (Å²) in [6.45, 7) is 3.72. The molecule has 0 radical (unpaired) electrons. The number of carbonyl (C=O) groups is 2. The first-order valence-corrected chi connectivity index (χ1v) is 13.4. The second kappa shape index (κ2) is 9.91. The summed E-state index contributed by atoms with van der Waals surface area (Å²) in [5.41, 5.74) is 1.75. The topological polar surface area (TPSA) is 130 Å². The first-order chi connectivity index (χ1) is 19.5. The number of carboxylic acid groups (broad SMARTS) is 1. The van der Waals surface area contributed by atoms with Crippen molar-refractivity contribution in [2.75, 3.05) is 20.3 Å². The van der Waals surface area contributed by atoms with Gasteiger partial charge in [0.2, 0.25) is 0 Å². The number of halogens is 2. The fourth-order valence-corrected chi connectivity index (χ4v) is 4.96. The van der Waals surface area contributed by atoms with Gasteiger partial charge in [0.25, 0.3) is 5.91 Å². The van der Waals surface area contributed by atoms with E-state index < -0.39 is 23.3 Å². The number of allylic oxidation sites excluding steroid dienone is 3. The molecule has 0 bridgehead atoms. The van der Waals surface area contributed by atoms with Gasteiger partial charge in [0.15, 0.2) is 28.5 Å². The van der Waals surface area contributed by atoms with Crippen LogP contribution in [0.3, 0.4) is 0 Å². The van der Waals surface area contributed by atoms with E-state index in [0.717, 1.165) is 18.4 Å². The molecule has 2 aliphatic heterocycles. The van der Waals surface area contributed by atoms with E-state index in [1.807, 2.05) is 27.8 Å². The SMILES string of the molecule is CN1CN2C=CC(Cl)=C(F)C2=C1CNC(=O)c1cn(Cc2cn3cc(C4CC4)cc(OC(C)(C)C(=O)O)c3n2)nn1. The van der Waals surface area contributed by atoms with Gasteiger partial charge in [0, 0.05) is 25.6 Å². The third-order valence-electron chi connectivity index (χ3n) is 7.23. The Kier molecular flexibility index (Phi) is 6.48. The Morgan fingerprint density at radius 2 is 2.05 bits per heavy atom. The minimum atomic E-state index is -1.44. The summed E-state index contributed by atoms with van der Waals surface area (Å²) >= 11 is 5.97. The van der Waals surface area contributed by atoms with E-state index in [1.54, 1.807) is 18.1 Å². The van der Waals surface area contributed by atoms with Crippen LogP contribution in [0, 0.1) is 0 Å². The van der Waals surface area contributed by atoms with Crippen molar-refractivity contribution in [3.63, 3.8) is 0 Å². The third-order valence-corrected chi connectivity index (χ3v) is 7.53. The Bertz CT molecular complexity index is 1670. The minimum absolute atomic E-state index is 0.0123. The highest BCUT2D eigenvalue weighted by molar-refractivity contribution is 6.31. The van der Waals surface area contributed by atoms with Crippen LogP contribution in [0.25, 0.3) is 5.65 Å².